The Bertz CT molecular complexity index is 2960. The molecule has 0 fully saturated rings. The molecule has 0 bridgehead atoms. The van der Waals surface area contributed by atoms with Crippen molar-refractivity contribution in [1.82, 2.24) is 15.0 Å². The molecule has 4 heteroatoms. The largest absolute Gasteiger partial charge is 0.208 e. The average Bonchev–Trinajstić information content (AvgIpc) is 3.60. The van der Waals surface area contributed by atoms with Crippen LogP contribution >= 0.6 is 0 Å². The van der Waals surface area contributed by atoms with Crippen molar-refractivity contribution in [2.45, 2.75) is 0 Å². The molecule has 11 rings (SSSR count). The van der Waals surface area contributed by atoms with E-state index in [1.54, 1.807) is 0 Å². The molecule has 0 N–H and O–H groups in total. The molecule has 0 atom stereocenters. The summed E-state index contributed by atoms with van der Waals surface area (Å²) in [6.45, 7) is 0. The quantitative estimate of drug-likeness (QED) is 0.126. The fourth-order valence-corrected chi connectivity index (χ4v) is 14.5. The van der Waals surface area contributed by atoms with E-state index in [-0.39, 0.29) is 0 Å². The molecule has 1 aliphatic heterocycles. The van der Waals surface area contributed by atoms with Crippen LogP contribution in [0.2, 0.25) is 0 Å². The topological polar surface area (TPSA) is 38.7 Å². The van der Waals surface area contributed by atoms with Crippen molar-refractivity contribution in [1.29, 1.82) is 0 Å². The van der Waals surface area contributed by atoms with E-state index < -0.39 is 8.07 Å². The predicted molar refractivity (Wildman–Crippen MR) is 239 cm³/mol. The van der Waals surface area contributed by atoms with E-state index in [4.69, 9.17) is 15.0 Å². The number of rotatable bonds is 6. The molecule has 3 nitrogen and oxygen atoms in total. The third kappa shape index (κ3) is 5.15. The Kier molecular flexibility index (Phi) is 7.83. The first-order valence-electron chi connectivity index (χ1n) is 19.5. The molecule has 0 amide bonds. The number of hydrogen-bond donors (Lipinski definition) is 0. The molecule has 0 aliphatic carbocycles. The molecule has 1 aromatic heterocycles. The summed E-state index contributed by atoms with van der Waals surface area (Å²) in [5.41, 5.74) is 8.02. The maximum atomic E-state index is 5.26. The zero-order valence-electron chi connectivity index (χ0n) is 31.0. The molecule has 10 aromatic rings. The van der Waals surface area contributed by atoms with Crippen LogP contribution in [-0.2, 0) is 0 Å². The number of nitrogens with zero attached hydrogens (tertiary/aromatic N) is 3. The SMILES string of the molecule is c1ccc(-c2nc(-c3ccccc3)nc(-c3c4ccccc4c(-c4cccc5c4-c4ccccc4[Si]5(c4ccccc4)c4ccccc4)c4ccccc34)n2)cc1. The van der Waals surface area contributed by atoms with Crippen molar-refractivity contribution in [3.63, 3.8) is 0 Å². The van der Waals surface area contributed by atoms with Gasteiger partial charge in [0.15, 0.2) is 25.5 Å². The molecule has 0 spiro atoms. The van der Waals surface area contributed by atoms with Crippen LogP contribution in [0.25, 0.3) is 78.0 Å². The third-order valence-electron chi connectivity index (χ3n) is 11.6. The van der Waals surface area contributed by atoms with Crippen LogP contribution in [0, 0.1) is 0 Å². The summed E-state index contributed by atoms with van der Waals surface area (Å²) >= 11 is 0. The molecule has 57 heavy (non-hydrogen) atoms. The maximum absolute atomic E-state index is 5.26. The minimum atomic E-state index is -2.69. The van der Waals surface area contributed by atoms with E-state index in [0.29, 0.717) is 17.5 Å². The first-order valence-corrected chi connectivity index (χ1v) is 21.5. The van der Waals surface area contributed by atoms with Gasteiger partial charge >= 0.3 is 0 Å². The fraction of sp³-hybridized carbons (Fsp3) is 0. The van der Waals surface area contributed by atoms with Gasteiger partial charge in [0.2, 0.25) is 0 Å². The van der Waals surface area contributed by atoms with Gasteiger partial charge in [0.05, 0.1) is 0 Å². The molecule has 0 saturated carbocycles. The van der Waals surface area contributed by atoms with Gasteiger partial charge in [-0.25, -0.2) is 15.0 Å². The average molecular weight is 742 g/mol. The minimum absolute atomic E-state index is 0.650. The summed E-state index contributed by atoms with van der Waals surface area (Å²) < 4.78 is 0. The van der Waals surface area contributed by atoms with Crippen molar-refractivity contribution in [2.75, 3.05) is 0 Å². The normalized spacial score (nSPS) is 12.7. The summed E-state index contributed by atoms with van der Waals surface area (Å²) in [7, 11) is -2.69. The zero-order chi connectivity index (χ0) is 37.8. The standard InChI is InChI=1S/C53H35N3Si/c1-5-20-36(21-6-1)51-54-52(37-22-7-2-8-23-37)56-53(55-51)50-42-30-15-13-28-40(42)48(41-29-14-16-31-43(41)50)45-33-19-35-47-49(45)44-32-17-18-34-46(44)57(47,38-24-9-3-10-25-38)39-26-11-4-12-27-39/h1-35H. The molecule has 0 saturated heterocycles. The van der Waals surface area contributed by atoms with Crippen LogP contribution in [0.3, 0.4) is 0 Å². The van der Waals surface area contributed by atoms with Crippen molar-refractivity contribution in [3.8, 4) is 56.4 Å². The minimum Gasteiger partial charge on any atom is -0.208 e. The summed E-state index contributed by atoms with van der Waals surface area (Å²) in [5, 5.41) is 10.2. The summed E-state index contributed by atoms with van der Waals surface area (Å²) in [6, 6.07) is 76.7. The molecule has 2 heterocycles. The predicted octanol–water partition coefficient (Wildman–Crippen LogP) is 10.2. The lowest BCUT2D eigenvalue weighted by Gasteiger charge is -2.31. The van der Waals surface area contributed by atoms with Crippen LogP contribution < -0.4 is 20.7 Å². The van der Waals surface area contributed by atoms with Crippen molar-refractivity contribution in [3.05, 3.63) is 212 Å². The highest BCUT2D eigenvalue weighted by Gasteiger charge is 2.49. The number of benzene rings is 9. The van der Waals surface area contributed by atoms with E-state index in [2.05, 4.69) is 176 Å². The van der Waals surface area contributed by atoms with Crippen molar-refractivity contribution in [2.24, 2.45) is 0 Å². The van der Waals surface area contributed by atoms with Gasteiger partial charge in [-0.05, 0) is 64.5 Å². The summed E-state index contributed by atoms with van der Waals surface area (Å²) in [6.07, 6.45) is 0. The highest BCUT2D eigenvalue weighted by molar-refractivity contribution is 7.22. The van der Waals surface area contributed by atoms with E-state index in [9.17, 15) is 0 Å². The van der Waals surface area contributed by atoms with Crippen molar-refractivity contribution >= 4 is 50.4 Å². The van der Waals surface area contributed by atoms with Crippen LogP contribution in [0.15, 0.2) is 212 Å². The molecular formula is C53H35N3Si. The highest BCUT2D eigenvalue weighted by atomic mass is 28.3. The Morgan fingerprint density at radius 3 is 1.18 bits per heavy atom. The van der Waals surface area contributed by atoms with Gasteiger partial charge in [-0.15, -0.1) is 0 Å². The Hall–Kier alpha value is -7.27. The van der Waals surface area contributed by atoms with Gasteiger partial charge in [-0.2, -0.15) is 0 Å². The van der Waals surface area contributed by atoms with E-state index in [0.717, 1.165) is 27.5 Å². The van der Waals surface area contributed by atoms with E-state index >= 15 is 0 Å². The molecule has 0 unspecified atom stereocenters. The van der Waals surface area contributed by atoms with E-state index in [1.807, 2.05) is 36.4 Å². The second kappa shape index (κ2) is 13.5. The molecule has 0 radical (unpaired) electrons. The van der Waals surface area contributed by atoms with Gasteiger partial charge in [0.1, 0.15) is 0 Å². The molecule has 9 aromatic carbocycles. The molecular weight excluding hydrogens is 707 g/mol. The van der Waals surface area contributed by atoms with Gasteiger partial charge in [0.25, 0.3) is 0 Å². The first kappa shape index (κ1) is 33.1. The second-order valence-corrected chi connectivity index (χ2v) is 18.4. The maximum Gasteiger partial charge on any atom is 0.180 e. The summed E-state index contributed by atoms with van der Waals surface area (Å²) in [4.78, 5) is 15.5. The number of aromatic nitrogens is 3. The third-order valence-corrected chi connectivity index (χ3v) is 16.5. The monoisotopic (exact) mass is 741 g/mol. The molecule has 266 valence electrons. The van der Waals surface area contributed by atoms with Crippen molar-refractivity contribution < 1.29 is 0 Å². The van der Waals surface area contributed by atoms with Gasteiger partial charge in [-0.3, -0.25) is 0 Å². The number of hydrogen-bond acceptors (Lipinski definition) is 3. The Morgan fingerprint density at radius 2 is 0.649 bits per heavy atom. The van der Waals surface area contributed by atoms with E-state index in [1.165, 1.54) is 53.8 Å². The lowest BCUT2D eigenvalue weighted by Crippen LogP contribution is -2.72. The first-order chi connectivity index (χ1) is 28.3. The Labute approximate surface area is 332 Å². The zero-order valence-corrected chi connectivity index (χ0v) is 32.0. The van der Waals surface area contributed by atoms with Crippen LogP contribution in [0.5, 0.6) is 0 Å². The van der Waals surface area contributed by atoms with Gasteiger partial charge < -0.3 is 0 Å². The number of fused-ring (bicyclic) bond motifs is 5. The highest BCUT2D eigenvalue weighted by Crippen LogP contribution is 2.46. The second-order valence-electron chi connectivity index (χ2n) is 14.6. The Balaban J connectivity index is 1.24. The fourth-order valence-electron chi connectivity index (χ4n) is 9.28. The van der Waals surface area contributed by atoms with Gasteiger partial charge in [-0.1, -0.05) is 212 Å². The molecule has 1 aliphatic rings. The lowest BCUT2D eigenvalue weighted by molar-refractivity contribution is 1.08. The van der Waals surface area contributed by atoms with Crippen LogP contribution in [0.4, 0.5) is 0 Å². The lowest BCUT2D eigenvalue weighted by atomic mass is 9.85. The van der Waals surface area contributed by atoms with Gasteiger partial charge in [0, 0.05) is 16.7 Å². The Morgan fingerprint density at radius 1 is 0.263 bits per heavy atom. The van der Waals surface area contributed by atoms with Crippen LogP contribution in [0.1, 0.15) is 0 Å². The summed E-state index contributed by atoms with van der Waals surface area (Å²) in [5.74, 6) is 1.96. The van der Waals surface area contributed by atoms with Crippen LogP contribution in [-0.4, -0.2) is 23.0 Å². The smallest absolute Gasteiger partial charge is 0.180 e.